The molecule has 108 valence electrons. The highest BCUT2D eigenvalue weighted by Gasteiger charge is 2.24. The Morgan fingerprint density at radius 2 is 2.20 bits per heavy atom. The number of thiocarbonyl (C=S) groups is 1. The third kappa shape index (κ3) is 3.52. The lowest BCUT2D eigenvalue weighted by Crippen LogP contribution is -2.39. The molecule has 0 aromatic carbocycles. The van der Waals surface area contributed by atoms with Crippen molar-refractivity contribution in [2.45, 2.75) is 12.8 Å². The number of carbonyl (C=O) groups is 1. The van der Waals surface area contributed by atoms with Gasteiger partial charge in [0.1, 0.15) is 10.7 Å². The fourth-order valence-electron chi connectivity index (χ4n) is 2.37. The van der Waals surface area contributed by atoms with Crippen LogP contribution in [0.1, 0.15) is 28.9 Å². The number of piperidine rings is 1. The van der Waals surface area contributed by atoms with E-state index < -0.39 is 0 Å². The van der Waals surface area contributed by atoms with E-state index in [0.717, 1.165) is 32.5 Å². The molecule has 1 fully saturated rings. The first-order valence-electron chi connectivity index (χ1n) is 6.66. The minimum Gasteiger partial charge on any atom is -0.389 e. The van der Waals surface area contributed by atoms with Gasteiger partial charge >= 0.3 is 0 Å². The van der Waals surface area contributed by atoms with Crippen LogP contribution in [0.25, 0.3) is 0 Å². The number of amides is 1. The van der Waals surface area contributed by atoms with Crippen LogP contribution in [0.2, 0.25) is 0 Å². The van der Waals surface area contributed by atoms with Gasteiger partial charge in [-0.1, -0.05) is 12.2 Å². The minimum atomic E-state index is -0.0321. The first kappa shape index (κ1) is 14.9. The van der Waals surface area contributed by atoms with Crippen LogP contribution in [0, 0.1) is 5.92 Å². The van der Waals surface area contributed by atoms with Crippen molar-refractivity contribution >= 4 is 23.1 Å². The molecule has 2 heterocycles. The molecule has 0 bridgehead atoms. The monoisotopic (exact) mass is 293 g/mol. The molecule has 1 saturated heterocycles. The maximum absolute atomic E-state index is 12.3. The lowest BCUT2D eigenvalue weighted by Gasteiger charge is -2.31. The number of pyridine rings is 1. The van der Waals surface area contributed by atoms with Gasteiger partial charge in [-0.2, -0.15) is 0 Å². The summed E-state index contributed by atoms with van der Waals surface area (Å²) >= 11 is 4.86. The highest BCUT2D eigenvalue weighted by molar-refractivity contribution is 7.80. The van der Waals surface area contributed by atoms with E-state index in [2.05, 4.69) is 4.98 Å². The van der Waals surface area contributed by atoms with Crippen molar-refractivity contribution in [3.63, 3.8) is 0 Å². The second kappa shape index (κ2) is 6.76. The van der Waals surface area contributed by atoms with Crippen LogP contribution < -0.4 is 5.73 Å². The lowest BCUT2D eigenvalue weighted by molar-refractivity contribution is 0.0608. The van der Waals surface area contributed by atoms with Gasteiger partial charge < -0.3 is 15.4 Å². The van der Waals surface area contributed by atoms with Crippen LogP contribution in [0.5, 0.6) is 0 Å². The zero-order valence-electron chi connectivity index (χ0n) is 11.5. The van der Waals surface area contributed by atoms with Gasteiger partial charge in [-0.25, -0.2) is 0 Å². The number of nitrogens with two attached hydrogens (primary N) is 1. The van der Waals surface area contributed by atoms with Gasteiger partial charge in [-0.15, -0.1) is 0 Å². The molecule has 5 nitrogen and oxygen atoms in total. The van der Waals surface area contributed by atoms with Crippen molar-refractivity contribution in [3.05, 3.63) is 29.6 Å². The first-order chi connectivity index (χ1) is 9.61. The molecule has 1 amide bonds. The number of rotatable bonds is 4. The summed E-state index contributed by atoms with van der Waals surface area (Å²) in [6.45, 7) is 2.28. The van der Waals surface area contributed by atoms with E-state index in [1.807, 2.05) is 4.90 Å². The van der Waals surface area contributed by atoms with Crippen LogP contribution in [-0.2, 0) is 4.74 Å². The zero-order valence-corrected chi connectivity index (χ0v) is 12.4. The smallest absolute Gasteiger partial charge is 0.272 e. The van der Waals surface area contributed by atoms with Gasteiger partial charge in [-0.3, -0.25) is 9.78 Å². The Hall–Kier alpha value is -1.53. The maximum atomic E-state index is 12.3. The normalized spacial score (nSPS) is 16.1. The average molecular weight is 293 g/mol. The largest absolute Gasteiger partial charge is 0.389 e. The van der Waals surface area contributed by atoms with Crippen LogP contribution in [0.4, 0.5) is 0 Å². The number of likely N-dealkylation sites (tertiary alicyclic amines) is 1. The molecule has 0 saturated carbocycles. The summed E-state index contributed by atoms with van der Waals surface area (Å²) in [4.78, 5) is 18.6. The topological polar surface area (TPSA) is 68.5 Å². The Kier molecular flexibility index (Phi) is 5.03. The van der Waals surface area contributed by atoms with E-state index >= 15 is 0 Å². The van der Waals surface area contributed by atoms with E-state index in [1.54, 1.807) is 25.4 Å². The number of nitrogens with zero attached hydrogens (tertiary/aromatic N) is 2. The molecule has 2 rings (SSSR count). The number of hydrogen-bond acceptors (Lipinski definition) is 4. The molecular weight excluding hydrogens is 274 g/mol. The predicted octanol–water partition coefficient (Wildman–Crippen LogP) is 1.21. The molecule has 0 radical (unpaired) electrons. The second-order valence-corrected chi connectivity index (χ2v) is 5.43. The Bertz CT molecular complexity index is 482. The summed E-state index contributed by atoms with van der Waals surface area (Å²) in [5, 5.41) is 0. The highest BCUT2D eigenvalue weighted by Crippen LogP contribution is 2.18. The quantitative estimate of drug-likeness (QED) is 0.845. The number of methoxy groups -OCH3 is 1. The molecule has 0 spiro atoms. The third-order valence-electron chi connectivity index (χ3n) is 3.57. The van der Waals surface area contributed by atoms with Gasteiger partial charge in [0.05, 0.1) is 0 Å². The van der Waals surface area contributed by atoms with Crippen molar-refractivity contribution in [2.75, 3.05) is 26.8 Å². The van der Waals surface area contributed by atoms with E-state index in [0.29, 0.717) is 17.2 Å². The van der Waals surface area contributed by atoms with E-state index in [4.69, 9.17) is 22.7 Å². The van der Waals surface area contributed by atoms with Crippen LogP contribution in [0.3, 0.4) is 0 Å². The van der Waals surface area contributed by atoms with Crippen molar-refractivity contribution in [3.8, 4) is 0 Å². The molecule has 1 aromatic heterocycles. The third-order valence-corrected chi connectivity index (χ3v) is 3.81. The van der Waals surface area contributed by atoms with Crippen molar-refractivity contribution < 1.29 is 9.53 Å². The van der Waals surface area contributed by atoms with E-state index in [-0.39, 0.29) is 10.9 Å². The van der Waals surface area contributed by atoms with Gasteiger partial charge in [0.25, 0.3) is 5.91 Å². The molecule has 1 aliphatic heterocycles. The fraction of sp³-hybridized carbons (Fsp3) is 0.500. The molecule has 2 N–H and O–H groups in total. The molecule has 6 heteroatoms. The van der Waals surface area contributed by atoms with Crippen molar-refractivity contribution in [1.29, 1.82) is 0 Å². The highest BCUT2D eigenvalue weighted by atomic mass is 32.1. The Balaban J connectivity index is 1.96. The molecular formula is C14H19N3O2S. The molecule has 1 aliphatic rings. The molecule has 0 aliphatic carbocycles. The average Bonchev–Trinajstić information content (AvgIpc) is 2.48. The summed E-state index contributed by atoms with van der Waals surface area (Å²) in [7, 11) is 1.71. The van der Waals surface area contributed by atoms with Gasteiger partial charge in [0, 0.05) is 38.6 Å². The van der Waals surface area contributed by atoms with Crippen molar-refractivity contribution in [2.24, 2.45) is 11.7 Å². The Morgan fingerprint density at radius 3 is 2.70 bits per heavy atom. The summed E-state index contributed by atoms with van der Waals surface area (Å²) in [6.07, 6.45) is 3.50. The fourth-order valence-corrected chi connectivity index (χ4v) is 2.49. The molecule has 20 heavy (non-hydrogen) atoms. The van der Waals surface area contributed by atoms with E-state index in [1.165, 1.54) is 0 Å². The van der Waals surface area contributed by atoms with Crippen LogP contribution in [0.15, 0.2) is 18.3 Å². The van der Waals surface area contributed by atoms with Crippen molar-refractivity contribution in [1.82, 2.24) is 9.88 Å². The lowest BCUT2D eigenvalue weighted by atomic mass is 9.97. The maximum Gasteiger partial charge on any atom is 0.272 e. The SMILES string of the molecule is COCC1CCN(C(=O)c2ccc(C(N)=S)cn2)CC1. The van der Waals surface area contributed by atoms with Gasteiger partial charge in [0.2, 0.25) is 0 Å². The summed E-state index contributed by atoms with van der Waals surface area (Å²) in [5.74, 6) is 0.518. The number of carbonyl (C=O) groups excluding carboxylic acids is 1. The summed E-state index contributed by atoms with van der Waals surface area (Å²) in [5.41, 5.74) is 6.63. The standard InChI is InChI=1S/C14H19N3O2S/c1-19-9-10-4-6-17(7-5-10)14(18)12-3-2-11(8-16-12)13(15)20/h2-3,8,10H,4-7,9H2,1H3,(H2,15,20). The van der Waals surface area contributed by atoms with Gasteiger partial charge in [0.15, 0.2) is 0 Å². The number of ether oxygens (including phenoxy) is 1. The minimum absolute atomic E-state index is 0.0321. The van der Waals surface area contributed by atoms with Gasteiger partial charge in [-0.05, 0) is 30.9 Å². The summed E-state index contributed by atoms with van der Waals surface area (Å²) in [6, 6.07) is 3.41. The molecule has 0 unspecified atom stereocenters. The zero-order chi connectivity index (χ0) is 14.5. The first-order valence-corrected chi connectivity index (χ1v) is 7.06. The number of aromatic nitrogens is 1. The Morgan fingerprint density at radius 1 is 1.50 bits per heavy atom. The molecule has 0 atom stereocenters. The predicted molar refractivity (Wildman–Crippen MR) is 80.6 cm³/mol. The Labute approximate surface area is 124 Å². The number of hydrogen-bond donors (Lipinski definition) is 1. The van der Waals surface area contributed by atoms with Crippen LogP contribution in [-0.4, -0.2) is 47.6 Å². The van der Waals surface area contributed by atoms with Crippen LogP contribution >= 0.6 is 12.2 Å². The second-order valence-electron chi connectivity index (χ2n) is 4.99. The molecule has 1 aromatic rings. The summed E-state index contributed by atoms with van der Waals surface area (Å²) < 4.78 is 5.16. The van der Waals surface area contributed by atoms with E-state index in [9.17, 15) is 4.79 Å².